The van der Waals surface area contributed by atoms with E-state index in [0.29, 0.717) is 10.6 Å². The molecule has 0 aliphatic rings. The molecule has 1 amide bonds. The van der Waals surface area contributed by atoms with E-state index in [-0.39, 0.29) is 6.54 Å². The Morgan fingerprint density at radius 1 is 1.41 bits per heavy atom. The minimum atomic E-state index is -1.36. The van der Waals surface area contributed by atoms with Crippen LogP contribution in [0.3, 0.4) is 0 Å². The summed E-state index contributed by atoms with van der Waals surface area (Å²) in [6.07, 6.45) is -1.36. The van der Waals surface area contributed by atoms with Crippen LogP contribution < -0.4 is 5.32 Å². The Hall–Kier alpha value is -1.59. The number of carbonyl (C=O) groups excluding carboxylic acids is 2. The summed E-state index contributed by atoms with van der Waals surface area (Å²) in [4.78, 5) is 22.4. The first-order valence-corrected chi connectivity index (χ1v) is 5.22. The van der Waals surface area contributed by atoms with Gasteiger partial charge in [0.2, 0.25) is 0 Å². The number of amides is 1. The number of esters is 1. The Kier molecular flexibility index (Phi) is 4.93. The summed E-state index contributed by atoms with van der Waals surface area (Å²) in [6.45, 7) is -0.200. The molecule has 0 aromatic heterocycles. The van der Waals surface area contributed by atoms with Gasteiger partial charge in [-0.05, 0) is 24.3 Å². The van der Waals surface area contributed by atoms with E-state index >= 15 is 0 Å². The lowest BCUT2D eigenvalue weighted by Gasteiger charge is -2.09. The molecule has 0 radical (unpaired) electrons. The number of benzene rings is 1. The molecule has 1 aromatic carbocycles. The van der Waals surface area contributed by atoms with Crippen molar-refractivity contribution < 1.29 is 19.4 Å². The molecule has 0 saturated carbocycles. The molecule has 0 saturated heterocycles. The molecule has 2 N–H and O–H groups in total. The van der Waals surface area contributed by atoms with E-state index in [2.05, 4.69) is 10.1 Å². The van der Waals surface area contributed by atoms with Crippen LogP contribution in [-0.4, -0.2) is 36.7 Å². The van der Waals surface area contributed by atoms with Gasteiger partial charge in [0.25, 0.3) is 5.91 Å². The average Bonchev–Trinajstić information content (AvgIpc) is 2.35. The lowest BCUT2D eigenvalue weighted by molar-refractivity contribution is -0.149. The third-order valence-electron chi connectivity index (χ3n) is 2.04. The van der Waals surface area contributed by atoms with Gasteiger partial charge in [0.05, 0.1) is 13.7 Å². The number of methoxy groups -OCH3 is 1. The second-order valence-corrected chi connectivity index (χ2v) is 3.69. The highest BCUT2D eigenvalue weighted by Crippen LogP contribution is 2.09. The van der Waals surface area contributed by atoms with Crippen LogP contribution in [0, 0.1) is 0 Å². The van der Waals surface area contributed by atoms with Gasteiger partial charge in [-0.3, -0.25) is 4.79 Å². The first kappa shape index (κ1) is 13.5. The molecular formula is C11H12ClNO4. The van der Waals surface area contributed by atoms with E-state index in [0.717, 1.165) is 7.11 Å². The van der Waals surface area contributed by atoms with Gasteiger partial charge in [-0.25, -0.2) is 4.79 Å². The summed E-state index contributed by atoms with van der Waals surface area (Å²) in [5.41, 5.74) is 0.395. The third kappa shape index (κ3) is 4.05. The van der Waals surface area contributed by atoms with Crippen LogP contribution in [-0.2, 0) is 9.53 Å². The van der Waals surface area contributed by atoms with Gasteiger partial charge in [0.15, 0.2) is 6.10 Å². The zero-order valence-electron chi connectivity index (χ0n) is 9.14. The lowest BCUT2D eigenvalue weighted by atomic mass is 10.2. The van der Waals surface area contributed by atoms with Gasteiger partial charge in [-0.1, -0.05) is 11.6 Å². The summed E-state index contributed by atoms with van der Waals surface area (Å²) >= 11 is 5.67. The maximum absolute atomic E-state index is 11.6. The number of halogens is 1. The van der Waals surface area contributed by atoms with Crippen LogP contribution in [0.5, 0.6) is 0 Å². The average molecular weight is 258 g/mol. The van der Waals surface area contributed by atoms with E-state index < -0.39 is 18.0 Å². The summed E-state index contributed by atoms with van der Waals surface area (Å²) in [5.74, 6) is -1.19. The second kappa shape index (κ2) is 6.22. The molecule has 1 atom stereocenters. The maximum Gasteiger partial charge on any atom is 0.336 e. The molecule has 0 aliphatic carbocycles. The van der Waals surface area contributed by atoms with Crippen LogP contribution in [0.25, 0.3) is 0 Å². The molecule has 92 valence electrons. The van der Waals surface area contributed by atoms with Crippen molar-refractivity contribution in [2.24, 2.45) is 0 Å². The van der Waals surface area contributed by atoms with Crippen molar-refractivity contribution >= 4 is 23.5 Å². The molecule has 1 unspecified atom stereocenters. The topological polar surface area (TPSA) is 75.6 Å². The van der Waals surface area contributed by atoms with E-state index in [4.69, 9.17) is 11.6 Å². The predicted molar refractivity (Wildman–Crippen MR) is 61.8 cm³/mol. The zero-order valence-corrected chi connectivity index (χ0v) is 9.90. The van der Waals surface area contributed by atoms with E-state index in [1.807, 2.05) is 0 Å². The Labute approximate surface area is 103 Å². The monoisotopic (exact) mass is 257 g/mol. The van der Waals surface area contributed by atoms with Crippen molar-refractivity contribution in [3.63, 3.8) is 0 Å². The molecule has 17 heavy (non-hydrogen) atoms. The third-order valence-corrected chi connectivity index (χ3v) is 2.29. The summed E-state index contributed by atoms with van der Waals surface area (Å²) < 4.78 is 4.31. The van der Waals surface area contributed by atoms with Crippen molar-refractivity contribution in [1.29, 1.82) is 0 Å². The number of ether oxygens (including phenoxy) is 1. The van der Waals surface area contributed by atoms with Gasteiger partial charge in [0.1, 0.15) is 0 Å². The van der Waals surface area contributed by atoms with Gasteiger partial charge in [0, 0.05) is 10.6 Å². The Balaban J connectivity index is 2.50. The summed E-state index contributed by atoms with van der Waals surface area (Å²) in [5, 5.41) is 12.2. The smallest absolute Gasteiger partial charge is 0.336 e. The first-order chi connectivity index (χ1) is 8.04. The largest absolute Gasteiger partial charge is 0.467 e. The fourth-order valence-corrected chi connectivity index (χ4v) is 1.24. The van der Waals surface area contributed by atoms with Gasteiger partial charge >= 0.3 is 5.97 Å². The highest BCUT2D eigenvalue weighted by Gasteiger charge is 2.16. The van der Waals surface area contributed by atoms with Crippen molar-refractivity contribution in [2.45, 2.75) is 6.10 Å². The van der Waals surface area contributed by atoms with E-state index in [1.165, 1.54) is 0 Å². The van der Waals surface area contributed by atoms with Crippen LogP contribution >= 0.6 is 11.6 Å². The molecule has 0 heterocycles. The minimum absolute atomic E-state index is 0.200. The van der Waals surface area contributed by atoms with Crippen molar-refractivity contribution in [1.82, 2.24) is 5.32 Å². The summed E-state index contributed by atoms with van der Waals surface area (Å²) in [7, 11) is 1.16. The SMILES string of the molecule is COC(=O)C(O)CNC(=O)c1ccc(Cl)cc1. The molecule has 5 nitrogen and oxygen atoms in total. The highest BCUT2D eigenvalue weighted by molar-refractivity contribution is 6.30. The normalized spacial score (nSPS) is 11.7. The Bertz CT molecular complexity index is 404. The number of rotatable bonds is 4. The zero-order chi connectivity index (χ0) is 12.8. The maximum atomic E-state index is 11.6. The lowest BCUT2D eigenvalue weighted by Crippen LogP contribution is -2.37. The highest BCUT2D eigenvalue weighted by atomic mass is 35.5. The Morgan fingerprint density at radius 2 is 2.00 bits per heavy atom. The quantitative estimate of drug-likeness (QED) is 0.775. The standard InChI is InChI=1S/C11H12ClNO4/c1-17-11(16)9(14)6-13-10(15)7-2-4-8(12)5-3-7/h2-5,9,14H,6H2,1H3,(H,13,15). The van der Waals surface area contributed by atoms with Gasteiger partial charge < -0.3 is 15.2 Å². The molecule has 0 spiro atoms. The predicted octanol–water partition coefficient (Wildman–Crippen LogP) is 0.604. The minimum Gasteiger partial charge on any atom is -0.467 e. The Morgan fingerprint density at radius 3 is 2.53 bits per heavy atom. The molecule has 6 heteroatoms. The number of aliphatic hydroxyl groups is 1. The van der Waals surface area contributed by atoms with Crippen molar-refractivity contribution in [2.75, 3.05) is 13.7 Å². The number of aliphatic hydroxyl groups excluding tert-OH is 1. The number of hydrogen-bond donors (Lipinski definition) is 2. The van der Waals surface area contributed by atoms with Crippen molar-refractivity contribution in [3.05, 3.63) is 34.9 Å². The molecule has 0 fully saturated rings. The van der Waals surface area contributed by atoms with Crippen LogP contribution in [0.15, 0.2) is 24.3 Å². The molecular weight excluding hydrogens is 246 g/mol. The van der Waals surface area contributed by atoms with Crippen LogP contribution in [0.1, 0.15) is 10.4 Å². The molecule has 1 rings (SSSR count). The first-order valence-electron chi connectivity index (χ1n) is 4.84. The van der Waals surface area contributed by atoms with Crippen LogP contribution in [0.2, 0.25) is 5.02 Å². The van der Waals surface area contributed by atoms with Crippen LogP contribution in [0.4, 0.5) is 0 Å². The fraction of sp³-hybridized carbons (Fsp3) is 0.273. The van der Waals surface area contributed by atoms with Crippen molar-refractivity contribution in [3.8, 4) is 0 Å². The second-order valence-electron chi connectivity index (χ2n) is 3.26. The number of hydrogen-bond acceptors (Lipinski definition) is 4. The number of carbonyl (C=O) groups is 2. The number of nitrogens with one attached hydrogen (secondary N) is 1. The van der Waals surface area contributed by atoms with Gasteiger partial charge in [-0.15, -0.1) is 0 Å². The van der Waals surface area contributed by atoms with E-state index in [9.17, 15) is 14.7 Å². The summed E-state index contributed by atoms with van der Waals surface area (Å²) in [6, 6.07) is 6.24. The fourth-order valence-electron chi connectivity index (χ4n) is 1.11. The van der Waals surface area contributed by atoms with E-state index in [1.54, 1.807) is 24.3 Å². The molecule has 0 aliphatic heterocycles. The molecule has 1 aromatic rings. The molecule has 0 bridgehead atoms. The van der Waals surface area contributed by atoms with Gasteiger partial charge in [-0.2, -0.15) is 0 Å².